The van der Waals surface area contributed by atoms with Crippen LogP contribution in [0, 0.1) is 11.6 Å². The molecule has 2 aromatic carbocycles. The number of halogens is 5. The van der Waals surface area contributed by atoms with Crippen molar-refractivity contribution in [2.75, 3.05) is 0 Å². The van der Waals surface area contributed by atoms with Gasteiger partial charge in [-0.25, -0.2) is 8.78 Å². The van der Waals surface area contributed by atoms with Gasteiger partial charge >= 0.3 is 6.18 Å². The van der Waals surface area contributed by atoms with Gasteiger partial charge in [0.25, 0.3) is 0 Å². The minimum atomic E-state index is -4.62. The third kappa shape index (κ3) is 5.55. The fraction of sp³-hybridized carbons (Fsp3) is 0.200. The van der Waals surface area contributed by atoms with Crippen molar-refractivity contribution in [1.29, 1.82) is 0 Å². The van der Waals surface area contributed by atoms with Crippen LogP contribution < -0.4 is 0 Å². The first-order valence-electron chi connectivity index (χ1n) is 7.75. The Balaban J connectivity index is 2.24. The summed E-state index contributed by atoms with van der Waals surface area (Å²) in [6.45, 7) is 1.94. The Bertz CT molecular complexity index is 745. The maximum Gasteiger partial charge on any atom is 0.409 e. The summed E-state index contributed by atoms with van der Waals surface area (Å²) in [5.41, 5.74) is 1.26. The molecule has 132 valence electrons. The van der Waals surface area contributed by atoms with Crippen LogP contribution in [0.4, 0.5) is 22.0 Å². The predicted molar refractivity (Wildman–Crippen MR) is 90.0 cm³/mol. The highest BCUT2D eigenvalue weighted by Crippen LogP contribution is 2.27. The summed E-state index contributed by atoms with van der Waals surface area (Å²) >= 11 is 0. The summed E-state index contributed by atoms with van der Waals surface area (Å²) in [5.74, 6) is -2.07. The molecule has 0 amide bonds. The van der Waals surface area contributed by atoms with Crippen molar-refractivity contribution in [3.63, 3.8) is 0 Å². The molecule has 0 saturated heterocycles. The number of aryl methyl sites for hydroxylation is 1. The Labute approximate surface area is 143 Å². The van der Waals surface area contributed by atoms with Gasteiger partial charge in [0.05, 0.1) is 0 Å². The first-order chi connectivity index (χ1) is 11.8. The second-order valence-electron chi connectivity index (χ2n) is 5.53. The fourth-order valence-corrected chi connectivity index (χ4v) is 2.37. The van der Waals surface area contributed by atoms with Crippen molar-refractivity contribution in [2.45, 2.75) is 25.9 Å². The Kier molecular flexibility index (Phi) is 6.12. The molecule has 0 aliphatic rings. The SMILES string of the molecule is C/C=C/CCc1ccc(-c2cc(F)c(/C=C/C(F)(F)F)c(F)c2)cc1. The van der Waals surface area contributed by atoms with Gasteiger partial charge in [-0.2, -0.15) is 13.2 Å². The minimum absolute atomic E-state index is 0.187. The van der Waals surface area contributed by atoms with E-state index in [2.05, 4.69) is 0 Å². The third-order valence-corrected chi connectivity index (χ3v) is 3.64. The zero-order valence-corrected chi connectivity index (χ0v) is 13.6. The Morgan fingerprint density at radius 2 is 1.52 bits per heavy atom. The van der Waals surface area contributed by atoms with E-state index < -0.39 is 23.4 Å². The van der Waals surface area contributed by atoms with E-state index >= 15 is 0 Å². The monoisotopic (exact) mass is 352 g/mol. The molecule has 0 saturated carbocycles. The number of allylic oxidation sites excluding steroid dienone is 3. The highest BCUT2D eigenvalue weighted by atomic mass is 19.4. The van der Waals surface area contributed by atoms with Gasteiger partial charge in [0, 0.05) is 11.6 Å². The molecule has 0 spiro atoms. The summed E-state index contributed by atoms with van der Waals surface area (Å²) in [5, 5.41) is 0. The number of rotatable bonds is 5. The van der Waals surface area contributed by atoms with Gasteiger partial charge in [-0.05, 0) is 54.7 Å². The van der Waals surface area contributed by atoms with E-state index in [1.165, 1.54) is 0 Å². The van der Waals surface area contributed by atoms with E-state index in [9.17, 15) is 22.0 Å². The fourth-order valence-electron chi connectivity index (χ4n) is 2.37. The second-order valence-corrected chi connectivity index (χ2v) is 5.53. The van der Waals surface area contributed by atoms with Crippen LogP contribution in [0.15, 0.2) is 54.6 Å². The van der Waals surface area contributed by atoms with Crippen molar-refractivity contribution in [2.24, 2.45) is 0 Å². The summed E-state index contributed by atoms with van der Waals surface area (Å²) in [6.07, 6.45) is 1.36. The quantitative estimate of drug-likeness (QED) is 0.414. The summed E-state index contributed by atoms with van der Waals surface area (Å²) in [7, 11) is 0. The average molecular weight is 352 g/mol. The summed E-state index contributed by atoms with van der Waals surface area (Å²) in [4.78, 5) is 0. The van der Waals surface area contributed by atoms with Gasteiger partial charge < -0.3 is 0 Å². The van der Waals surface area contributed by atoms with Crippen LogP contribution in [0.3, 0.4) is 0 Å². The predicted octanol–water partition coefficient (Wildman–Crippen LogP) is 6.72. The van der Waals surface area contributed by atoms with E-state index in [4.69, 9.17) is 0 Å². The van der Waals surface area contributed by atoms with Gasteiger partial charge in [0.15, 0.2) is 0 Å². The van der Waals surface area contributed by atoms with Crippen LogP contribution in [0.1, 0.15) is 24.5 Å². The molecule has 0 fully saturated rings. The van der Waals surface area contributed by atoms with Crippen molar-refractivity contribution in [1.82, 2.24) is 0 Å². The summed E-state index contributed by atoms with van der Waals surface area (Å²) < 4.78 is 64.5. The molecule has 0 radical (unpaired) electrons. The van der Waals surface area contributed by atoms with E-state index in [0.717, 1.165) is 30.5 Å². The van der Waals surface area contributed by atoms with E-state index in [0.29, 0.717) is 11.6 Å². The van der Waals surface area contributed by atoms with E-state index in [-0.39, 0.29) is 11.6 Å². The van der Waals surface area contributed by atoms with Crippen LogP contribution in [-0.2, 0) is 6.42 Å². The molecule has 0 unspecified atom stereocenters. The molecule has 25 heavy (non-hydrogen) atoms. The van der Waals surface area contributed by atoms with Crippen molar-refractivity contribution < 1.29 is 22.0 Å². The highest BCUT2D eigenvalue weighted by Gasteiger charge is 2.22. The lowest BCUT2D eigenvalue weighted by molar-refractivity contribution is -0.0790. The highest BCUT2D eigenvalue weighted by molar-refractivity contribution is 5.67. The molecule has 0 N–H and O–H groups in total. The lowest BCUT2D eigenvalue weighted by Crippen LogP contribution is -2.01. The molecule has 5 heteroatoms. The molecule has 2 aromatic rings. The zero-order valence-electron chi connectivity index (χ0n) is 13.6. The van der Waals surface area contributed by atoms with Gasteiger partial charge in [-0.1, -0.05) is 36.4 Å². The van der Waals surface area contributed by atoms with Gasteiger partial charge in [0.1, 0.15) is 11.6 Å². The minimum Gasteiger partial charge on any atom is -0.206 e. The first kappa shape index (κ1) is 18.9. The van der Waals surface area contributed by atoms with Crippen LogP contribution in [0.25, 0.3) is 17.2 Å². The molecule has 0 aliphatic heterocycles. The smallest absolute Gasteiger partial charge is 0.206 e. The summed E-state index contributed by atoms with van der Waals surface area (Å²) in [6, 6.07) is 9.29. The van der Waals surface area contributed by atoms with Crippen LogP contribution in [0.2, 0.25) is 0 Å². The molecular formula is C20H17F5. The van der Waals surface area contributed by atoms with Gasteiger partial charge in [-0.3, -0.25) is 0 Å². The van der Waals surface area contributed by atoms with Gasteiger partial charge in [0.2, 0.25) is 0 Å². The standard InChI is InChI=1S/C20H17F5/c1-2-3-4-5-14-6-8-15(9-7-14)16-12-18(21)17(19(22)13-16)10-11-20(23,24)25/h2-3,6-13H,4-5H2,1H3/b3-2+,11-10+. The second kappa shape index (κ2) is 8.10. The Morgan fingerprint density at radius 1 is 0.920 bits per heavy atom. The number of alkyl halides is 3. The number of benzene rings is 2. The van der Waals surface area contributed by atoms with Gasteiger partial charge in [-0.15, -0.1) is 0 Å². The molecular weight excluding hydrogens is 335 g/mol. The van der Waals surface area contributed by atoms with Crippen LogP contribution in [-0.4, -0.2) is 6.18 Å². The largest absolute Gasteiger partial charge is 0.409 e. The molecule has 2 rings (SSSR count). The number of hydrogen-bond donors (Lipinski definition) is 0. The van der Waals surface area contributed by atoms with E-state index in [1.54, 1.807) is 12.1 Å². The maximum absolute atomic E-state index is 14.0. The normalized spacial score (nSPS) is 12.4. The van der Waals surface area contributed by atoms with Crippen molar-refractivity contribution in [3.05, 3.63) is 77.4 Å². The van der Waals surface area contributed by atoms with Crippen LogP contribution in [0.5, 0.6) is 0 Å². The molecule has 0 bridgehead atoms. The lowest BCUT2D eigenvalue weighted by Gasteiger charge is -2.07. The lowest BCUT2D eigenvalue weighted by atomic mass is 10.00. The maximum atomic E-state index is 14.0. The molecule has 0 nitrogen and oxygen atoms in total. The molecule has 0 aromatic heterocycles. The topological polar surface area (TPSA) is 0 Å². The zero-order chi connectivity index (χ0) is 18.4. The Morgan fingerprint density at radius 3 is 2.04 bits per heavy atom. The van der Waals surface area contributed by atoms with Crippen molar-refractivity contribution >= 4 is 6.08 Å². The molecule has 0 aliphatic carbocycles. The number of hydrogen-bond acceptors (Lipinski definition) is 0. The van der Waals surface area contributed by atoms with Crippen LogP contribution >= 0.6 is 0 Å². The average Bonchev–Trinajstić information content (AvgIpc) is 2.54. The van der Waals surface area contributed by atoms with Crippen molar-refractivity contribution in [3.8, 4) is 11.1 Å². The first-order valence-corrected chi connectivity index (χ1v) is 7.75. The molecule has 0 atom stereocenters. The van der Waals surface area contributed by atoms with E-state index in [1.807, 2.05) is 31.2 Å². The third-order valence-electron chi connectivity index (χ3n) is 3.64. The molecule has 0 heterocycles. The Hall–Kier alpha value is -2.43.